The highest BCUT2D eigenvalue weighted by Gasteiger charge is 2.32. The van der Waals surface area contributed by atoms with Gasteiger partial charge in [0.05, 0.1) is 6.61 Å². The molecule has 4 heteroatoms. The molecule has 2 rings (SSSR count). The number of benzene rings is 1. The maximum atomic E-state index is 12.9. The molecule has 0 bridgehead atoms. The van der Waals surface area contributed by atoms with Gasteiger partial charge in [-0.2, -0.15) is 0 Å². The third-order valence-corrected chi connectivity index (χ3v) is 2.45. The molecule has 0 fully saturated rings. The van der Waals surface area contributed by atoms with Crippen LogP contribution in [0.15, 0.2) is 18.2 Å². The fraction of sp³-hybridized carbons (Fsp3) is 0.455. The SMILES string of the molecule is CC1(CCO)OCc2cc(F)ccc2O1. The molecular formula is C11H13FO3. The Bertz CT molecular complexity index is 367. The lowest BCUT2D eigenvalue weighted by Gasteiger charge is -2.35. The molecule has 0 aliphatic carbocycles. The van der Waals surface area contributed by atoms with E-state index in [0.717, 1.165) is 0 Å². The van der Waals surface area contributed by atoms with Gasteiger partial charge in [0.25, 0.3) is 0 Å². The van der Waals surface area contributed by atoms with E-state index in [1.165, 1.54) is 12.1 Å². The minimum absolute atomic E-state index is 0.00692. The maximum absolute atomic E-state index is 12.9. The molecule has 0 radical (unpaired) electrons. The summed E-state index contributed by atoms with van der Waals surface area (Å²) in [6.07, 6.45) is 0.393. The van der Waals surface area contributed by atoms with E-state index in [1.807, 2.05) is 0 Å². The molecule has 15 heavy (non-hydrogen) atoms. The number of aliphatic hydroxyl groups is 1. The Morgan fingerprint density at radius 3 is 3.07 bits per heavy atom. The molecule has 82 valence electrons. The van der Waals surface area contributed by atoms with Crippen molar-refractivity contribution in [1.82, 2.24) is 0 Å². The first kappa shape index (κ1) is 10.4. The number of halogens is 1. The van der Waals surface area contributed by atoms with Crippen molar-refractivity contribution in [3.63, 3.8) is 0 Å². The number of rotatable bonds is 2. The fourth-order valence-corrected chi connectivity index (χ4v) is 1.58. The van der Waals surface area contributed by atoms with E-state index in [1.54, 1.807) is 13.0 Å². The Balaban J connectivity index is 2.23. The molecule has 0 spiro atoms. The Labute approximate surface area is 87.4 Å². The standard InChI is InChI=1S/C11H13FO3/c1-11(4-5-13)14-7-8-6-9(12)2-3-10(8)15-11/h2-3,6,13H,4-5,7H2,1H3. The highest BCUT2D eigenvalue weighted by molar-refractivity contribution is 5.34. The molecule has 1 atom stereocenters. The van der Waals surface area contributed by atoms with Crippen molar-refractivity contribution in [3.05, 3.63) is 29.6 Å². The van der Waals surface area contributed by atoms with Crippen molar-refractivity contribution in [3.8, 4) is 5.75 Å². The van der Waals surface area contributed by atoms with Crippen LogP contribution < -0.4 is 4.74 Å². The van der Waals surface area contributed by atoms with Crippen molar-refractivity contribution < 1.29 is 19.0 Å². The van der Waals surface area contributed by atoms with Crippen LogP contribution in [-0.4, -0.2) is 17.5 Å². The Morgan fingerprint density at radius 2 is 2.33 bits per heavy atom. The highest BCUT2D eigenvalue weighted by Crippen LogP contribution is 2.33. The fourth-order valence-electron chi connectivity index (χ4n) is 1.58. The average Bonchev–Trinajstić information content (AvgIpc) is 2.19. The van der Waals surface area contributed by atoms with Crippen LogP contribution in [0.3, 0.4) is 0 Å². The average molecular weight is 212 g/mol. The third kappa shape index (κ3) is 2.11. The summed E-state index contributed by atoms with van der Waals surface area (Å²) in [5, 5.41) is 8.86. The second-order valence-corrected chi connectivity index (χ2v) is 3.75. The second kappa shape index (κ2) is 3.79. The van der Waals surface area contributed by atoms with E-state index >= 15 is 0 Å². The molecular weight excluding hydrogens is 199 g/mol. The maximum Gasteiger partial charge on any atom is 0.210 e. The van der Waals surface area contributed by atoms with E-state index < -0.39 is 5.79 Å². The van der Waals surface area contributed by atoms with Crippen molar-refractivity contribution in [2.24, 2.45) is 0 Å². The number of ether oxygens (including phenoxy) is 2. The van der Waals surface area contributed by atoms with Gasteiger partial charge in [-0.1, -0.05) is 0 Å². The number of fused-ring (bicyclic) bond motifs is 1. The van der Waals surface area contributed by atoms with Crippen molar-refractivity contribution >= 4 is 0 Å². The molecule has 0 saturated heterocycles. The highest BCUT2D eigenvalue weighted by atomic mass is 19.1. The van der Waals surface area contributed by atoms with Gasteiger partial charge in [0.2, 0.25) is 5.79 Å². The summed E-state index contributed by atoms with van der Waals surface area (Å²) in [7, 11) is 0. The lowest BCUT2D eigenvalue weighted by Crippen LogP contribution is -2.39. The number of hydrogen-bond donors (Lipinski definition) is 1. The summed E-state index contributed by atoms with van der Waals surface area (Å²) in [5.41, 5.74) is 0.699. The van der Waals surface area contributed by atoms with E-state index in [2.05, 4.69) is 0 Å². The van der Waals surface area contributed by atoms with Gasteiger partial charge in [-0.25, -0.2) is 4.39 Å². The Hall–Kier alpha value is -1.13. The minimum atomic E-state index is -0.806. The van der Waals surface area contributed by atoms with Crippen LogP contribution in [0.25, 0.3) is 0 Å². The summed E-state index contributed by atoms with van der Waals surface area (Å²) < 4.78 is 23.9. The smallest absolute Gasteiger partial charge is 0.210 e. The summed E-state index contributed by atoms with van der Waals surface area (Å²) in [4.78, 5) is 0. The zero-order chi connectivity index (χ0) is 10.9. The predicted molar refractivity (Wildman–Crippen MR) is 51.9 cm³/mol. The summed E-state index contributed by atoms with van der Waals surface area (Å²) in [6.45, 7) is 2.06. The van der Waals surface area contributed by atoms with E-state index in [-0.39, 0.29) is 12.4 Å². The molecule has 1 N–H and O–H groups in total. The zero-order valence-corrected chi connectivity index (χ0v) is 8.50. The molecule has 1 unspecified atom stereocenters. The van der Waals surface area contributed by atoms with Gasteiger partial charge in [0.15, 0.2) is 0 Å². The van der Waals surface area contributed by atoms with Crippen molar-refractivity contribution in [2.45, 2.75) is 25.7 Å². The molecule has 1 aliphatic heterocycles. The lowest BCUT2D eigenvalue weighted by atomic mass is 10.1. The summed E-state index contributed by atoms with van der Waals surface area (Å²) in [6, 6.07) is 4.33. The zero-order valence-electron chi connectivity index (χ0n) is 8.50. The number of aliphatic hydroxyl groups excluding tert-OH is 1. The summed E-state index contributed by atoms with van der Waals surface area (Å²) in [5.74, 6) is -0.482. The quantitative estimate of drug-likeness (QED) is 0.812. The van der Waals surface area contributed by atoms with Crippen LogP contribution >= 0.6 is 0 Å². The monoisotopic (exact) mass is 212 g/mol. The Kier molecular flexibility index (Phi) is 2.63. The second-order valence-electron chi connectivity index (χ2n) is 3.75. The molecule has 0 amide bonds. The van der Waals surface area contributed by atoms with Gasteiger partial charge in [0, 0.05) is 25.5 Å². The molecule has 1 heterocycles. The van der Waals surface area contributed by atoms with Crippen LogP contribution in [0, 0.1) is 5.82 Å². The van der Waals surface area contributed by atoms with Crippen LogP contribution in [0.4, 0.5) is 4.39 Å². The molecule has 1 aromatic rings. The van der Waals surface area contributed by atoms with E-state index in [0.29, 0.717) is 24.3 Å². The van der Waals surface area contributed by atoms with Gasteiger partial charge in [-0.3, -0.25) is 0 Å². The Morgan fingerprint density at radius 1 is 1.53 bits per heavy atom. The van der Waals surface area contributed by atoms with Gasteiger partial charge in [0.1, 0.15) is 11.6 Å². The first-order valence-electron chi connectivity index (χ1n) is 4.85. The van der Waals surface area contributed by atoms with Crippen molar-refractivity contribution in [1.29, 1.82) is 0 Å². The first-order valence-corrected chi connectivity index (χ1v) is 4.85. The predicted octanol–water partition coefficient (Wildman–Crippen LogP) is 1.83. The van der Waals surface area contributed by atoms with E-state index in [4.69, 9.17) is 14.6 Å². The van der Waals surface area contributed by atoms with E-state index in [9.17, 15) is 4.39 Å². The van der Waals surface area contributed by atoms with Crippen molar-refractivity contribution in [2.75, 3.05) is 6.61 Å². The summed E-state index contributed by atoms with van der Waals surface area (Å²) >= 11 is 0. The molecule has 0 aromatic heterocycles. The van der Waals surface area contributed by atoms with Crippen LogP contribution in [-0.2, 0) is 11.3 Å². The van der Waals surface area contributed by atoms with Gasteiger partial charge >= 0.3 is 0 Å². The van der Waals surface area contributed by atoms with Gasteiger partial charge in [-0.05, 0) is 18.2 Å². The van der Waals surface area contributed by atoms with Gasteiger partial charge in [-0.15, -0.1) is 0 Å². The minimum Gasteiger partial charge on any atom is -0.462 e. The lowest BCUT2D eigenvalue weighted by molar-refractivity contribution is -0.201. The van der Waals surface area contributed by atoms with Gasteiger partial charge < -0.3 is 14.6 Å². The van der Waals surface area contributed by atoms with Crippen LogP contribution in [0.5, 0.6) is 5.75 Å². The normalized spacial score (nSPS) is 24.5. The first-order chi connectivity index (χ1) is 7.13. The topological polar surface area (TPSA) is 38.7 Å². The largest absolute Gasteiger partial charge is 0.462 e. The molecule has 1 aromatic carbocycles. The van der Waals surface area contributed by atoms with Crippen LogP contribution in [0.2, 0.25) is 0 Å². The molecule has 0 saturated carbocycles. The molecule has 3 nitrogen and oxygen atoms in total. The number of hydrogen-bond acceptors (Lipinski definition) is 3. The van der Waals surface area contributed by atoms with Crippen LogP contribution in [0.1, 0.15) is 18.9 Å². The molecule has 1 aliphatic rings. The third-order valence-electron chi connectivity index (χ3n) is 2.45.